The Morgan fingerprint density at radius 2 is 1.41 bits per heavy atom. The lowest BCUT2D eigenvalue weighted by molar-refractivity contribution is -0.496. The van der Waals surface area contributed by atoms with Gasteiger partial charge in [-0.15, -0.1) is 0 Å². The molecule has 6 nitrogen and oxygen atoms in total. The minimum Gasteiger partial charge on any atom is -0.360 e. The summed E-state index contributed by atoms with van der Waals surface area (Å²) in [6.07, 6.45) is -0.0782. The summed E-state index contributed by atoms with van der Waals surface area (Å²) in [4.78, 5) is 26.7. The van der Waals surface area contributed by atoms with Crippen LogP contribution in [0, 0.1) is 16.7 Å². The quantitative estimate of drug-likeness (QED) is 0.646. The second-order valence-corrected chi connectivity index (χ2v) is 8.35. The van der Waals surface area contributed by atoms with Crippen molar-refractivity contribution < 1.29 is 19.7 Å². The number of amides is 1. The van der Waals surface area contributed by atoms with Crippen LogP contribution in [0.25, 0.3) is 0 Å². The molecule has 1 amide bonds. The van der Waals surface area contributed by atoms with Crippen molar-refractivity contribution >= 4 is 5.91 Å². The normalized spacial score (nSPS) is 26.4. The zero-order valence-corrected chi connectivity index (χ0v) is 17.3. The number of carbonyl (C=O) groups is 1. The number of β-amino-alcohol motifs (C(OH)–C–C–N with tert-alkyl or cyclic N) is 1. The van der Waals surface area contributed by atoms with Crippen molar-refractivity contribution in [2.24, 2.45) is 5.41 Å². The number of fused-ring (bicyclic) bond motifs is 1. The van der Waals surface area contributed by atoms with E-state index in [0.29, 0.717) is 0 Å². The van der Waals surface area contributed by atoms with Gasteiger partial charge in [0, 0.05) is 13.0 Å². The van der Waals surface area contributed by atoms with Crippen molar-refractivity contribution in [2.45, 2.75) is 24.4 Å². The fourth-order valence-electron chi connectivity index (χ4n) is 4.74. The molecule has 0 saturated carbocycles. The van der Waals surface area contributed by atoms with E-state index in [-0.39, 0.29) is 19.5 Å². The molecule has 0 spiro atoms. The Morgan fingerprint density at radius 3 is 1.94 bits per heavy atom. The molecule has 6 heteroatoms. The third kappa shape index (κ3) is 2.94. The van der Waals surface area contributed by atoms with E-state index in [1.807, 2.05) is 91.0 Å². The van der Waals surface area contributed by atoms with Gasteiger partial charge in [-0.1, -0.05) is 91.0 Å². The minimum absolute atomic E-state index is 0.0782. The highest BCUT2D eigenvalue weighted by atomic mass is 17.2. The van der Waals surface area contributed by atoms with Gasteiger partial charge in [-0.3, -0.25) is 4.79 Å². The summed E-state index contributed by atoms with van der Waals surface area (Å²) in [5.74, 6) is -2.55. The Morgan fingerprint density at radius 1 is 0.875 bits per heavy atom. The van der Waals surface area contributed by atoms with Crippen LogP contribution in [0.1, 0.15) is 23.1 Å². The highest BCUT2D eigenvalue weighted by molar-refractivity contribution is 5.90. The van der Waals surface area contributed by atoms with Crippen molar-refractivity contribution in [2.75, 3.05) is 6.54 Å². The number of aliphatic hydroxyl groups is 1. The fourth-order valence-corrected chi connectivity index (χ4v) is 4.74. The van der Waals surface area contributed by atoms with Gasteiger partial charge in [0.05, 0.1) is 12.6 Å². The second kappa shape index (κ2) is 7.57. The van der Waals surface area contributed by atoms with Gasteiger partial charge in [-0.2, -0.15) is 10.1 Å². The maximum atomic E-state index is 13.7. The average Bonchev–Trinajstić information content (AvgIpc) is 3.06. The second-order valence-electron chi connectivity index (χ2n) is 8.35. The van der Waals surface area contributed by atoms with Crippen LogP contribution in [0.5, 0.6) is 0 Å². The van der Waals surface area contributed by atoms with E-state index < -0.39 is 22.7 Å². The zero-order valence-electron chi connectivity index (χ0n) is 17.3. The summed E-state index contributed by atoms with van der Waals surface area (Å²) in [7, 11) is 0. The molecule has 0 aromatic heterocycles. The maximum absolute atomic E-state index is 13.7. The first kappa shape index (κ1) is 20.4. The molecule has 32 heavy (non-hydrogen) atoms. The molecule has 0 bridgehead atoms. The molecule has 0 radical (unpaired) electrons. The Bertz CT molecular complexity index is 1120. The van der Waals surface area contributed by atoms with Gasteiger partial charge < -0.3 is 10.0 Å². The Labute approximate surface area is 186 Å². The SMILES string of the molecule is N#C[C@]12CC(c3ccccc3)(c3ccccc3)OO[C@@]1(O)CN(Cc1ccccc1)C2=O. The monoisotopic (exact) mass is 426 g/mol. The van der Waals surface area contributed by atoms with E-state index in [9.17, 15) is 15.2 Å². The van der Waals surface area contributed by atoms with Gasteiger partial charge >= 0.3 is 0 Å². The van der Waals surface area contributed by atoms with Crippen LogP contribution < -0.4 is 0 Å². The number of benzene rings is 3. The lowest BCUT2D eigenvalue weighted by Crippen LogP contribution is -2.59. The molecule has 2 heterocycles. The maximum Gasteiger partial charge on any atom is 0.249 e. The van der Waals surface area contributed by atoms with Crippen LogP contribution in [0.4, 0.5) is 0 Å². The Balaban J connectivity index is 1.60. The molecular weight excluding hydrogens is 404 g/mol. The predicted molar refractivity (Wildman–Crippen MR) is 115 cm³/mol. The van der Waals surface area contributed by atoms with Crippen molar-refractivity contribution in [3.63, 3.8) is 0 Å². The molecule has 1 N–H and O–H groups in total. The minimum atomic E-state index is -2.08. The third-order valence-electron chi connectivity index (χ3n) is 6.45. The predicted octanol–water partition coefficient (Wildman–Crippen LogP) is 3.52. The van der Waals surface area contributed by atoms with Gasteiger partial charge in [0.25, 0.3) is 0 Å². The van der Waals surface area contributed by atoms with Gasteiger partial charge in [0.1, 0.15) is 0 Å². The molecule has 0 aliphatic carbocycles. The van der Waals surface area contributed by atoms with Gasteiger partial charge in [0.2, 0.25) is 11.7 Å². The number of nitrogens with zero attached hydrogens (tertiary/aromatic N) is 2. The van der Waals surface area contributed by atoms with Crippen LogP contribution in [0.15, 0.2) is 91.0 Å². The van der Waals surface area contributed by atoms with E-state index >= 15 is 0 Å². The Kier molecular flexibility index (Phi) is 4.83. The van der Waals surface area contributed by atoms with E-state index in [0.717, 1.165) is 16.7 Å². The van der Waals surface area contributed by atoms with Gasteiger partial charge in [-0.25, -0.2) is 4.89 Å². The van der Waals surface area contributed by atoms with Crippen LogP contribution in [-0.4, -0.2) is 28.2 Å². The first-order chi connectivity index (χ1) is 15.5. The molecule has 5 rings (SSSR count). The van der Waals surface area contributed by atoms with Crippen molar-refractivity contribution in [3.05, 3.63) is 108 Å². The summed E-state index contributed by atoms with van der Waals surface area (Å²) in [5.41, 5.74) is -0.696. The summed E-state index contributed by atoms with van der Waals surface area (Å²) < 4.78 is 0. The van der Waals surface area contributed by atoms with Gasteiger partial charge in [0.15, 0.2) is 11.0 Å². The fraction of sp³-hybridized carbons (Fsp3) is 0.231. The average molecular weight is 426 g/mol. The smallest absolute Gasteiger partial charge is 0.249 e. The summed E-state index contributed by atoms with van der Waals surface area (Å²) in [6, 6.07) is 30.3. The number of carbonyl (C=O) groups excluding carboxylic acids is 1. The molecule has 2 fully saturated rings. The van der Waals surface area contributed by atoms with Gasteiger partial charge in [-0.05, 0) is 16.7 Å². The van der Waals surface area contributed by atoms with Crippen molar-refractivity contribution in [1.82, 2.24) is 4.90 Å². The van der Waals surface area contributed by atoms with E-state index in [4.69, 9.17) is 9.78 Å². The van der Waals surface area contributed by atoms with Crippen molar-refractivity contribution in [3.8, 4) is 6.07 Å². The first-order valence-corrected chi connectivity index (χ1v) is 10.5. The van der Waals surface area contributed by atoms with Crippen LogP contribution in [-0.2, 0) is 26.7 Å². The molecular formula is C26H22N2O4. The molecule has 2 atom stereocenters. The molecule has 3 aromatic rings. The molecule has 0 unspecified atom stereocenters. The lowest BCUT2D eigenvalue weighted by atomic mass is 9.68. The highest BCUT2D eigenvalue weighted by Gasteiger charge is 2.72. The molecule has 2 saturated heterocycles. The summed E-state index contributed by atoms with van der Waals surface area (Å²) in [5, 5.41) is 21.7. The standard InChI is InChI=1S/C26H22N2O4/c27-18-24-17-25(21-12-6-2-7-13-21,22-14-8-3-9-15-22)31-32-26(24,30)19-28(23(24)29)16-20-10-4-1-5-11-20/h1-15,30H,16-17,19H2/t24-,26-/m0/s1. The van der Waals surface area contributed by atoms with E-state index in [1.165, 1.54) is 4.90 Å². The topological polar surface area (TPSA) is 82.8 Å². The third-order valence-corrected chi connectivity index (χ3v) is 6.45. The largest absolute Gasteiger partial charge is 0.360 e. The zero-order chi connectivity index (χ0) is 22.2. The molecule has 2 aliphatic heterocycles. The molecule has 2 aliphatic rings. The van der Waals surface area contributed by atoms with Crippen LogP contribution in [0.2, 0.25) is 0 Å². The van der Waals surface area contributed by atoms with Crippen molar-refractivity contribution in [1.29, 1.82) is 5.26 Å². The Hall–Kier alpha value is -3.50. The molecule has 3 aromatic carbocycles. The van der Waals surface area contributed by atoms with Crippen LogP contribution in [0.3, 0.4) is 0 Å². The lowest BCUT2D eigenvalue weighted by Gasteiger charge is -2.47. The summed E-state index contributed by atoms with van der Waals surface area (Å²) in [6.45, 7) is 0.104. The number of likely N-dealkylation sites (tertiary alicyclic amines) is 1. The van der Waals surface area contributed by atoms with Crippen LogP contribution >= 0.6 is 0 Å². The van der Waals surface area contributed by atoms with E-state index in [2.05, 4.69) is 6.07 Å². The number of rotatable bonds is 4. The first-order valence-electron chi connectivity index (χ1n) is 10.5. The van der Waals surface area contributed by atoms with E-state index in [1.54, 1.807) is 0 Å². The highest BCUT2D eigenvalue weighted by Crippen LogP contribution is 2.56. The number of hydrogen-bond acceptors (Lipinski definition) is 5. The number of nitriles is 1. The number of hydrogen-bond donors (Lipinski definition) is 1. The summed E-state index contributed by atoms with van der Waals surface area (Å²) >= 11 is 0. The molecule has 160 valence electrons.